The number of aryl methyl sites for hydroxylation is 1. The van der Waals surface area contributed by atoms with Crippen LogP contribution in [0.2, 0.25) is 0 Å². The number of nitrogens with one attached hydrogen (secondary N) is 2. The lowest BCUT2D eigenvalue weighted by Gasteiger charge is -2.34. The summed E-state index contributed by atoms with van der Waals surface area (Å²) in [7, 11) is 3.80. The monoisotopic (exact) mass is 417 g/mol. The third-order valence-electron chi connectivity index (χ3n) is 6.01. The first-order chi connectivity index (χ1) is 14.8. The van der Waals surface area contributed by atoms with E-state index in [1.807, 2.05) is 38.5 Å². The fourth-order valence-electron chi connectivity index (χ4n) is 3.61. The molecule has 0 radical (unpaired) electrons. The molecule has 0 unspecified atom stereocenters. The summed E-state index contributed by atoms with van der Waals surface area (Å²) in [6, 6.07) is 7.98. The number of fused-ring (bicyclic) bond motifs is 1. The molecule has 4 aromatic heterocycles. The lowest BCUT2D eigenvalue weighted by molar-refractivity contribution is 0.286. The van der Waals surface area contributed by atoms with Crippen molar-refractivity contribution < 1.29 is 0 Å². The van der Waals surface area contributed by atoms with E-state index in [9.17, 15) is 0 Å². The topological polar surface area (TPSA) is 119 Å². The van der Waals surface area contributed by atoms with Gasteiger partial charge >= 0.3 is 0 Å². The van der Waals surface area contributed by atoms with Gasteiger partial charge in [-0.05, 0) is 55.1 Å². The molecule has 0 aromatic carbocycles. The lowest BCUT2D eigenvalue weighted by atomic mass is 9.82. The maximum atomic E-state index is 6.19. The highest BCUT2D eigenvalue weighted by molar-refractivity contribution is 5.94. The molecule has 0 amide bonds. The van der Waals surface area contributed by atoms with Crippen LogP contribution in [-0.2, 0) is 12.6 Å². The largest absolute Gasteiger partial charge is 0.383 e. The second kappa shape index (κ2) is 7.92. The molecule has 0 saturated carbocycles. The summed E-state index contributed by atoms with van der Waals surface area (Å²) in [6.07, 6.45) is 5.20. The van der Waals surface area contributed by atoms with Crippen molar-refractivity contribution in [3.8, 4) is 11.4 Å². The zero-order valence-corrected chi connectivity index (χ0v) is 18.4. The maximum absolute atomic E-state index is 6.19. The molecule has 0 fully saturated rings. The average molecular weight is 418 g/mol. The van der Waals surface area contributed by atoms with E-state index in [-0.39, 0.29) is 5.54 Å². The highest BCUT2D eigenvalue weighted by atomic mass is 15.4. The highest BCUT2D eigenvalue weighted by Gasteiger charge is 2.28. The van der Waals surface area contributed by atoms with Gasteiger partial charge in [-0.1, -0.05) is 19.1 Å². The zero-order valence-electron chi connectivity index (χ0n) is 18.4. The van der Waals surface area contributed by atoms with E-state index in [0.29, 0.717) is 23.2 Å². The summed E-state index contributed by atoms with van der Waals surface area (Å²) >= 11 is 0. The van der Waals surface area contributed by atoms with Crippen LogP contribution in [0.4, 0.5) is 17.5 Å². The van der Waals surface area contributed by atoms with Gasteiger partial charge in [0, 0.05) is 30.4 Å². The second-order valence-corrected chi connectivity index (χ2v) is 8.09. The molecule has 4 heterocycles. The van der Waals surface area contributed by atoms with Crippen LogP contribution in [0.1, 0.15) is 26.3 Å². The van der Waals surface area contributed by atoms with E-state index in [2.05, 4.69) is 62.7 Å². The third kappa shape index (κ3) is 3.79. The van der Waals surface area contributed by atoms with Gasteiger partial charge in [0.1, 0.15) is 23.1 Å². The van der Waals surface area contributed by atoms with Crippen molar-refractivity contribution >= 4 is 28.2 Å². The number of anilines is 3. The van der Waals surface area contributed by atoms with Crippen LogP contribution in [0.25, 0.3) is 22.2 Å². The molecule has 31 heavy (non-hydrogen) atoms. The van der Waals surface area contributed by atoms with Crippen molar-refractivity contribution in [2.24, 2.45) is 13.0 Å². The number of hydrogen-bond acceptors (Lipinski definition) is 8. The molecule has 0 aliphatic heterocycles. The Morgan fingerprint density at radius 1 is 1.10 bits per heavy atom. The van der Waals surface area contributed by atoms with Gasteiger partial charge in [0.2, 0.25) is 0 Å². The summed E-state index contributed by atoms with van der Waals surface area (Å²) in [6.45, 7) is 6.58. The number of hydrogen-bond donors (Lipinski definition) is 3. The Labute approximate surface area is 181 Å². The number of nitrogen functional groups attached to an aromatic ring is 1. The Morgan fingerprint density at radius 3 is 2.55 bits per heavy atom. The first-order valence-corrected chi connectivity index (χ1v) is 10.2. The molecular weight excluding hydrogens is 390 g/mol. The van der Waals surface area contributed by atoms with E-state index >= 15 is 0 Å². The van der Waals surface area contributed by atoms with Gasteiger partial charge in [-0.25, -0.2) is 19.6 Å². The Kier molecular flexibility index (Phi) is 5.28. The molecule has 0 bridgehead atoms. The van der Waals surface area contributed by atoms with Crippen LogP contribution in [0.3, 0.4) is 0 Å². The summed E-state index contributed by atoms with van der Waals surface area (Å²) in [5, 5.41) is 16.3. The summed E-state index contributed by atoms with van der Waals surface area (Å²) in [4.78, 5) is 13.5. The molecule has 4 rings (SSSR count). The van der Waals surface area contributed by atoms with E-state index in [0.717, 1.165) is 27.8 Å². The normalized spacial score (nSPS) is 13.5. The zero-order chi connectivity index (χ0) is 22.2. The van der Waals surface area contributed by atoms with Crippen LogP contribution in [0.5, 0.6) is 0 Å². The van der Waals surface area contributed by atoms with Crippen molar-refractivity contribution in [3.63, 3.8) is 0 Å². The van der Waals surface area contributed by atoms with Crippen molar-refractivity contribution in [2.45, 2.75) is 26.3 Å². The van der Waals surface area contributed by atoms with E-state index in [1.165, 1.54) is 0 Å². The molecular formula is C22H27N9. The molecule has 0 spiro atoms. The van der Waals surface area contributed by atoms with Gasteiger partial charge in [0.15, 0.2) is 0 Å². The predicted molar refractivity (Wildman–Crippen MR) is 123 cm³/mol. The van der Waals surface area contributed by atoms with Gasteiger partial charge in [0.25, 0.3) is 0 Å². The summed E-state index contributed by atoms with van der Waals surface area (Å²) in [5.41, 5.74) is 8.67. The minimum absolute atomic E-state index is 0.164. The van der Waals surface area contributed by atoms with E-state index in [4.69, 9.17) is 5.73 Å². The smallest absolute Gasteiger partial charge is 0.133 e. The average Bonchev–Trinajstić information content (AvgIpc) is 3.18. The molecule has 4 aromatic rings. The first kappa shape index (κ1) is 20.7. The van der Waals surface area contributed by atoms with Crippen molar-refractivity contribution in [2.75, 3.05) is 18.1 Å². The Bertz CT molecular complexity index is 1230. The molecule has 1 atom stereocenters. The van der Waals surface area contributed by atoms with E-state index in [1.54, 1.807) is 17.1 Å². The Morgan fingerprint density at radius 2 is 1.87 bits per heavy atom. The minimum atomic E-state index is -0.164. The fraction of sp³-hybridized carbons (Fsp3) is 0.318. The first-order valence-electron chi connectivity index (χ1n) is 10.2. The molecule has 9 nitrogen and oxygen atoms in total. The van der Waals surface area contributed by atoms with Crippen LogP contribution in [0.15, 0.2) is 42.9 Å². The highest BCUT2D eigenvalue weighted by Crippen LogP contribution is 2.31. The molecule has 160 valence electrons. The molecule has 9 heteroatoms. The number of rotatable bonds is 6. The van der Waals surface area contributed by atoms with Crippen LogP contribution < -0.4 is 16.4 Å². The van der Waals surface area contributed by atoms with Gasteiger partial charge in [-0.3, -0.25) is 0 Å². The van der Waals surface area contributed by atoms with Gasteiger partial charge < -0.3 is 16.4 Å². The number of nitrogens with two attached hydrogens (primary N) is 1. The number of nitrogens with zero attached hydrogens (tertiary/aromatic N) is 6. The molecule has 0 saturated heterocycles. The molecule has 4 N–H and O–H groups in total. The van der Waals surface area contributed by atoms with Crippen molar-refractivity contribution in [3.05, 3.63) is 48.4 Å². The Hall–Kier alpha value is -3.59. The number of pyridine rings is 3. The minimum Gasteiger partial charge on any atom is -0.383 e. The third-order valence-corrected chi connectivity index (χ3v) is 6.01. The molecule has 0 aliphatic carbocycles. The fourth-order valence-corrected chi connectivity index (χ4v) is 3.61. The van der Waals surface area contributed by atoms with Crippen LogP contribution >= 0.6 is 0 Å². The van der Waals surface area contributed by atoms with Crippen molar-refractivity contribution in [1.29, 1.82) is 0 Å². The van der Waals surface area contributed by atoms with Crippen molar-refractivity contribution in [1.82, 2.24) is 35.3 Å². The Balaban J connectivity index is 1.70. The predicted octanol–water partition coefficient (Wildman–Crippen LogP) is 3.24. The number of aromatic nitrogens is 6. The van der Waals surface area contributed by atoms with Gasteiger partial charge in [-0.15, -0.1) is 5.10 Å². The lowest BCUT2D eigenvalue weighted by Crippen LogP contribution is -2.41. The van der Waals surface area contributed by atoms with Crippen LogP contribution in [0, 0.1) is 5.92 Å². The maximum Gasteiger partial charge on any atom is 0.133 e. The quantitative estimate of drug-likeness (QED) is 0.437. The summed E-state index contributed by atoms with van der Waals surface area (Å²) < 4.78 is 1.66. The molecule has 0 aliphatic rings. The second-order valence-electron chi connectivity index (χ2n) is 8.09. The SMILES string of the molecule is CN[C@](C)(c1ccnc(Nc2cc3cc(-c4cnnn4C)nc(N)c3cn2)c1)C(C)C. The van der Waals surface area contributed by atoms with E-state index < -0.39 is 0 Å². The van der Waals surface area contributed by atoms with Crippen LogP contribution in [-0.4, -0.2) is 37.0 Å². The standard InChI is InChI=1S/C22H27N9/c1-13(2)22(3,24-4)15-6-7-25-20(10-15)29-19-9-14-8-17(18-12-27-30-31(18)5)28-21(23)16(14)11-26-19/h6-13,24H,1-5H3,(H2,23,28)(H,25,26,29)/t22-/m0/s1. The summed E-state index contributed by atoms with van der Waals surface area (Å²) in [5.74, 6) is 2.22. The van der Waals surface area contributed by atoms with Gasteiger partial charge in [-0.2, -0.15) is 0 Å². The van der Waals surface area contributed by atoms with Gasteiger partial charge in [0.05, 0.1) is 11.9 Å².